The van der Waals surface area contributed by atoms with E-state index >= 15 is 0 Å². The highest BCUT2D eigenvalue weighted by Crippen LogP contribution is 2.39. The molecule has 2 N–H and O–H groups in total. The first kappa shape index (κ1) is 55.2. The van der Waals surface area contributed by atoms with Gasteiger partial charge in [0.15, 0.2) is 0 Å². The van der Waals surface area contributed by atoms with Crippen LogP contribution >= 0.6 is 11.3 Å². The van der Waals surface area contributed by atoms with Crippen LogP contribution in [0.4, 0.5) is 0 Å². The molecule has 0 saturated carbocycles. The third-order valence-corrected chi connectivity index (χ3v) is 17.1. The summed E-state index contributed by atoms with van der Waals surface area (Å²) in [6, 6.07) is 78.0. The number of thiophene rings is 1. The standard InChI is InChI=1S/C27H26BNO2.C25H25BN2O2.C16H13BO2S/c1-26(2)27(3,4)31-28(30-26)21-16-14-20(15-17-21)25-18-23(19-10-6-5-7-11-19)22-12-8-9-13-24(22)29-25;1-24(2)25(3,4)30-26(29-24)19-16-14-18(15-17-19)23-27-21-12-8-9-13-22(21)28(23)20-10-6-5-7-11-20;18-17(19)14-8-4-7-13(11-14)16-10-9-15(20-16)12-5-2-1-3-6-12/h5-18H,1-4H3;5-17H,1-4H3;1-11,18-19H. The molecule has 11 aromatic rings. The molecule has 402 valence electrons. The number of benzene rings is 8. The molecule has 0 spiro atoms. The van der Waals surface area contributed by atoms with Crippen molar-refractivity contribution < 1.29 is 28.7 Å². The first-order valence-electron chi connectivity index (χ1n) is 27.5. The van der Waals surface area contributed by atoms with Gasteiger partial charge < -0.3 is 28.7 Å². The molecular formula is C68H64B3N3O6S. The topological polar surface area (TPSA) is 108 Å². The minimum Gasteiger partial charge on any atom is -0.423 e. The van der Waals surface area contributed by atoms with Gasteiger partial charge in [0.25, 0.3) is 0 Å². The van der Waals surface area contributed by atoms with E-state index in [9.17, 15) is 10.0 Å². The largest absolute Gasteiger partial charge is 0.494 e. The van der Waals surface area contributed by atoms with Gasteiger partial charge in [-0.2, -0.15) is 0 Å². The van der Waals surface area contributed by atoms with Gasteiger partial charge in [-0.05, 0) is 143 Å². The molecule has 13 heteroatoms. The van der Waals surface area contributed by atoms with Crippen LogP contribution in [0, 0.1) is 0 Å². The fraction of sp³-hybridized carbons (Fsp3) is 0.176. The molecule has 81 heavy (non-hydrogen) atoms. The van der Waals surface area contributed by atoms with E-state index in [4.69, 9.17) is 28.6 Å². The number of nitrogens with zero attached hydrogens (tertiary/aromatic N) is 3. The predicted molar refractivity (Wildman–Crippen MR) is 336 cm³/mol. The quantitative estimate of drug-likeness (QED) is 0.138. The van der Waals surface area contributed by atoms with Crippen LogP contribution in [-0.2, 0) is 18.6 Å². The second kappa shape index (κ2) is 22.7. The highest BCUT2D eigenvalue weighted by molar-refractivity contribution is 7.18. The summed E-state index contributed by atoms with van der Waals surface area (Å²) in [6.45, 7) is 16.6. The SMILES string of the molecule is CC1(C)OB(c2ccc(-c3cc(-c4ccccc4)c4ccccc4n3)cc2)OC1(C)C.CC1(C)OB(c2ccc(-c3nc4ccccc4n3-c3ccccc3)cc2)OC1(C)C.OB(O)c1cccc(-c2ccc(-c3ccccc3)s2)c1. The first-order valence-corrected chi connectivity index (χ1v) is 28.3. The average Bonchev–Trinajstić information content (AvgIpc) is 4.39. The van der Waals surface area contributed by atoms with Crippen LogP contribution in [0.3, 0.4) is 0 Å². The number of fused-ring (bicyclic) bond motifs is 2. The minimum atomic E-state index is -1.43. The van der Waals surface area contributed by atoms with E-state index in [0.29, 0.717) is 5.46 Å². The summed E-state index contributed by atoms with van der Waals surface area (Å²) in [7, 11) is -2.15. The summed E-state index contributed by atoms with van der Waals surface area (Å²) in [6.07, 6.45) is 0. The second-order valence-corrected chi connectivity index (χ2v) is 23.6. The second-order valence-electron chi connectivity index (χ2n) is 22.5. The van der Waals surface area contributed by atoms with Crippen molar-refractivity contribution in [3.8, 4) is 60.3 Å². The smallest absolute Gasteiger partial charge is 0.423 e. The molecule has 13 rings (SSSR count). The van der Waals surface area contributed by atoms with E-state index in [1.807, 2.05) is 60.7 Å². The van der Waals surface area contributed by atoms with E-state index in [1.54, 1.807) is 17.4 Å². The van der Waals surface area contributed by atoms with E-state index in [2.05, 4.69) is 224 Å². The number of hydrogen-bond acceptors (Lipinski definition) is 9. The highest BCUT2D eigenvalue weighted by atomic mass is 32.1. The normalized spacial score (nSPS) is 15.7. The van der Waals surface area contributed by atoms with Crippen molar-refractivity contribution in [1.82, 2.24) is 14.5 Å². The van der Waals surface area contributed by atoms with Crippen LogP contribution in [0.5, 0.6) is 0 Å². The Bertz CT molecular complexity index is 3910. The van der Waals surface area contributed by atoms with Crippen LogP contribution in [0.25, 0.3) is 82.3 Å². The number of hydrogen-bond donors (Lipinski definition) is 2. The average molecular weight is 1080 g/mol. The van der Waals surface area contributed by atoms with Crippen LogP contribution in [0.15, 0.2) is 231 Å². The summed E-state index contributed by atoms with van der Waals surface area (Å²) in [5.74, 6) is 0.919. The Morgan fingerprint density at radius 1 is 0.420 bits per heavy atom. The molecule has 5 heterocycles. The van der Waals surface area contributed by atoms with Crippen molar-refractivity contribution in [2.75, 3.05) is 0 Å². The van der Waals surface area contributed by atoms with Crippen LogP contribution in [0.1, 0.15) is 55.4 Å². The molecular weight excluding hydrogens is 1020 g/mol. The van der Waals surface area contributed by atoms with Gasteiger partial charge in [0.1, 0.15) is 5.82 Å². The lowest BCUT2D eigenvalue weighted by Gasteiger charge is -2.32. The fourth-order valence-corrected chi connectivity index (χ4v) is 10.9. The number of aromatic nitrogens is 3. The number of pyridine rings is 1. The molecule has 8 aromatic carbocycles. The summed E-state index contributed by atoms with van der Waals surface area (Å²) >= 11 is 1.70. The van der Waals surface area contributed by atoms with E-state index < -0.39 is 7.12 Å². The van der Waals surface area contributed by atoms with Crippen molar-refractivity contribution in [3.63, 3.8) is 0 Å². The Hall–Kier alpha value is -7.71. The van der Waals surface area contributed by atoms with Crippen molar-refractivity contribution >= 4 is 71.0 Å². The highest BCUT2D eigenvalue weighted by Gasteiger charge is 2.52. The zero-order chi connectivity index (χ0) is 56.5. The predicted octanol–water partition coefficient (Wildman–Crippen LogP) is 13.6. The molecule has 0 amide bonds. The Morgan fingerprint density at radius 2 is 0.889 bits per heavy atom. The van der Waals surface area contributed by atoms with Gasteiger partial charge in [-0.3, -0.25) is 4.57 Å². The summed E-state index contributed by atoms with van der Waals surface area (Å²) < 4.78 is 27.0. The van der Waals surface area contributed by atoms with Gasteiger partial charge >= 0.3 is 21.4 Å². The van der Waals surface area contributed by atoms with Gasteiger partial charge in [0, 0.05) is 32.0 Å². The maximum Gasteiger partial charge on any atom is 0.494 e. The molecule has 0 atom stereocenters. The third-order valence-electron chi connectivity index (χ3n) is 15.9. The van der Waals surface area contributed by atoms with Crippen molar-refractivity contribution in [1.29, 1.82) is 0 Å². The van der Waals surface area contributed by atoms with Crippen LogP contribution < -0.4 is 16.4 Å². The van der Waals surface area contributed by atoms with Gasteiger partial charge in [0.2, 0.25) is 0 Å². The molecule has 9 nitrogen and oxygen atoms in total. The minimum absolute atomic E-state index is 0.346. The van der Waals surface area contributed by atoms with Gasteiger partial charge in [0.05, 0.1) is 44.6 Å². The molecule has 0 radical (unpaired) electrons. The maximum atomic E-state index is 9.24. The van der Waals surface area contributed by atoms with Crippen molar-refractivity contribution in [2.45, 2.75) is 77.8 Å². The van der Waals surface area contributed by atoms with Crippen molar-refractivity contribution in [3.05, 3.63) is 231 Å². The fourth-order valence-electron chi connectivity index (χ4n) is 9.90. The first-order chi connectivity index (χ1) is 38.9. The van der Waals surface area contributed by atoms with Gasteiger partial charge in [-0.15, -0.1) is 11.3 Å². The Labute approximate surface area is 480 Å². The lowest BCUT2D eigenvalue weighted by Crippen LogP contribution is -2.41. The molecule has 3 aromatic heterocycles. The zero-order valence-electron chi connectivity index (χ0n) is 46.9. The number of para-hydroxylation sites is 4. The summed E-state index contributed by atoms with van der Waals surface area (Å²) in [4.78, 5) is 12.2. The molecule has 0 bridgehead atoms. The summed E-state index contributed by atoms with van der Waals surface area (Å²) in [5, 5.41) is 19.6. The van der Waals surface area contributed by atoms with Gasteiger partial charge in [-0.25, -0.2) is 9.97 Å². The molecule has 2 aliphatic rings. The number of imidazole rings is 1. The van der Waals surface area contributed by atoms with Gasteiger partial charge in [-0.1, -0.05) is 182 Å². The lowest BCUT2D eigenvalue weighted by atomic mass is 9.78. The Kier molecular flexibility index (Phi) is 15.5. The molecule has 0 aliphatic carbocycles. The third kappa shape index (κ3) is 11.6. The van der Waals surface area contributed by atoms with E-state index in [1.165, 1.54) is 21.6 Å². The number of rotatable bonds is 9. The maximum absolute atomic E-state index is 9.24. The molecule has 2 saturated heterocycles. The van der Waals surface area contributed by atoms with Crippen molar-refractivity contribution in [2.24, 2.45) is 0 Å². The van der Waals surface area contributed by atoms with E-state index in [-0.39, 0.29) is 36.6 Å². The van der Waals surface area contributed by atoms with Crippen LogP contribution in [-0.4, -0.2) is 68.3 Å². The molecule has 2 aliphatic heterocycles. The van der Waals surface area contributed by atoms with E-state index in [0.717, 1.165) is 71.6 Å². The lowest BCUT2D eigenvalue weighted by molar-refractivity contribution is 0.00578. The van der Waals surface area contributed by atoms with Crippen LogP contribution in [0.2, 0.25) is 0 Å². The zero-order valence-corrected chi connectivity index (χ0v) is 47.8. The monoisotopic (exact) mass is 1080 g/mol. The Balaban J connectivity index is 0.000000131. The molecule has 0 unspecified atom stereocenters. The molecule has 2 fully saturated rings. The summed E-state index contributed by atoms with van der Waals surface area (Å²) in [5.41, 5.74) is 13.0. The Morgan fingerprint density at radius 3 is 1.46 bits per heavy atom.